The van der Waals surface area contributed by atoms with Gasteiger partial charge in [-0.25, -0.2) is 0 Å². The molecular weight excluding hydrogens is 342 g/mol. The largest absolute Gasteiger partial charge is 0.486 e. The second kappa shape index (κ2) is 8.26. The van der Waals surface area contributed by atoms with Crippen molar-refractivity contribution in [2.24, 2.45) is 0 Å². The Kier molecular flexibility index (Phi) is 6.06. The van der Waals surface area contributed by atoms with E-state index in [0.29, 0.717) is 12.6 Å². The van der Waals surface area contributed by atoms with Crippen LogP contribution in [0.1, 0.15) is 56.5 Å². The summed E-state index contributed by atoms with van der Waals surface area (Å²) in [5.41, 5.74) is 1.02. The van der Waals surface area contributed by atoms with Crippen molar-refractivity contribution in [2.45, 2.75) is 63.8 Å². The van der Waals surface area contributed by atoms with Crippen LogP contribution in [0.25, 0.3) is 0 Å². The predicted octanol–water partition coefficient (Wildman–Crippen LogP) is 5.44. The van der Waals surface area contributed by atoms with Crippen LogP contribution < -0.4 is 4.74 Å². The lowest BCUT2D eigenvalue weighted by molar-refractivity contribution is 0.265. The Morgan fingerprint density at radius 2 is 2.04 bits per heavy atom. The first-order chi connectivity index (χ1) is 11.7. The minimum absolute atomic E-state index is 0.439. The van der Waals surface area contributed by atoms with Crippen molar-refractivity contribution in [1.82, 2.24) is 14.8 Å². The van der Waals surface area contributed by atoms with E-state index in [2.05, 4.69) is 21.7 Å². The molecule has 0 N–H and O–H groups in total. The van der Waals surface area contributed by atoms with E-state index in [0.717, 1.165) is 33.1 Å². The van der Waals surface area contributed by atoms with Crippen molar-refractivity contribution in [3.63, 3.8) is 0 Å². The normalized spacial score (nSPS) is 15.6. The van der Waals surface area contributed by atoms with Gasteiger partial charge in [0.05, 0.1) is 0 Å². The number of hydrogen-bond acceptors (Lipinski definition) is 4. The number of ether oxygens (including phenoxy) is 1. The summed E-state index contributed by atoms with van der Waals surface area (Å²) >= 11 is 7.84. The minimum Gasteiger partial charge on any atom is -0.486 e. The van der Waals surface area contributed by atoms with E-state index in [4.69, 9.17) is 16.3 Å². The fourth-order valence-corrected chi connectivity index (χ4v) is 4.06. The van der Waals surface area contributed by atoms with Crippen LogP contribution in [0, 0.1) is 6.92 Å². The van der Waals surface area contributed by atoms with E-state index >= 15 is 0 Å². The molecule has 1 fully saturated rings. The Balaban J connectivity index is 1.77. The maximum atomic E-state index is 6.08. The number of thioether (sulfide) groups is 1. The third-order valence-electron chi connectivity index (χ3n) is 4.45. The summed E-state index contributed by atoms with van der Waals surface area (Å²) in [6.45, 7) is 4.57. The van der Waals surface area contributed by atoms with Crippen molar-refractivity contribution >= 4 is 23.4 Å². The molecule has 3 rings (SSSR count). The molecule has 1 aromatic carbocycles. The Labute approximate surface area is 152 Å². The molecule has 4 nitrogen and oxygen atoms in total. The highest BCUT2D eigenvalue weighted by Gasteiger charge is 2.23. The maximum absolute atomic E-state index is 6.08. The molecule has 2 aromatic rings. The van der Waals surface area contributed by atoms with Gasteiger partial charge in [-0.05, 0) is 49.3 Å². The summed E-state index contributed by atoms with van der Waals surface area (Å²) in [7, 11) is 0. The van der Waals surface area contributed by atoms with Gasteiger partial charge in [-0.2, -0.15) is 0 Å². The van der Waals surface area contributed by atoms with Gasteiger partial charge >= 0.3 is 0 Å². The molecule has 1 saturated carbocycles. The molecule has 0 atom stereocenters. The van der Waals surface area contributed by atoms with Gasteiger partial charge in [-0.15, -0.1) is 10.2 Å². The van der Waals surface area contributed by atoms with E-state index in [9.17, 15) is 0 Å². The Bertz CT molecular complexity index is 683. The van der Waals surface area contributed by atoms with Crippen LogP contribution in [0.4, 0.5) is 0 Å². The number of benzene rings is 1. The van der Waals surface area contributed by atoms with Gasteiger partial charge in [0.2, 0.25) is 0 Å². The first-order valence-electron chi connectivity index (χ1n) is 8.64. The van der Waals surface area contributed by atoms with Gasteiger partial charge in [-0.1, -0.05) is 49.5 Å². The van der Waals surface area contributed by atoms with Crippen molar-refractivity contribution in [3.05, 3.63) is 34.6 Å². The quantitative estimate of drug-likeness (QED) is 0.639. The molecule has 24 heavy (non-hydrogen) atoms. The standard InChI is InChI=1S/C18H24ClN3OS/c1-3-24-18-21-20-17(22(18)14-7-5-4-6-8-14)12-23-15-9-10-16(19)13(2)11-15/h9-11,14H,3-8,12H2,1-2H3. The molecule has 0 saturated heterocycles. The SMILES string of the molecule is CCSc1nnc(COc2ccc(Cl)c(C)c2)n1C1CCCCC1. The average Bonchev–Trinajstić information content (AvgIpc) is 3.00. The summed E-state index contributed by atoms with van der Waals surface area (Å²) in [5, 5.41) is 10.6. The van der Waals surface area contributed by atoms with E-state index in [1.807, 2.05) is 25.1 Å². The first-order valence-corrected chi connectivity index (χ1v) is 10.0. The van der Waals surface area contributed by atoms with E-state index in [-0.39, 0.29) is 0 Å². The summed E-state index contributed by atoms with van der Waals surface area (Å²) in [6.07, 6.45) is 6.33. The van der Waals surface area contributed by atoms with E-state index < -0.39 is 0 Å². The molecule has 0 bridgehead atoms. The molecular formula is C18H24ClN3OS. The van der Waals surface area contributed by atoms with Gasteiger partial charge in [0.25, 0.3) is 0 Å². The lowest BCUT2D eigenvalue weighted by Gasteiger charge is -2.25. The molecule has 1 heterocycles. The monoisotopic (exact) mass is 365 g/mol. The Morgan fingerprint density at radius 3 is 2.75 bits per heavy atom. The third kappa shape index (κ3) is 4.06. The predicted molar refractivity (Wildman–Crippen MR) is 99.1 cm³/mol. The molecule has 0 spiro atoms. The smallest absolute Gasteiger partial charge is 0.191 e. The number of nitrogens with zero attached hydrogens (tertiary/aromatic N) is 3. The Morgan fingerprint density at radius 1 is 1.25 bits per heavy atom. The molecule has 0 radical (unpaired) electrons. The van der Waals surface area contributed by atoms with Crippen LogP contribution in [0.3, 0.4) is 0 Å². The van der Waals surface area contributed by atoms with Crippen LogP contribution in [0.5, 0.6) is 5.75 Å². The second-order valence-electron chi connectivity index (χ2n) is 6.19. The van der Waals surface area contributed by atoms with Crippen LogP contribution >= 0.6 is 23.4 Å². The van der Waals surface area contributed by atoms with Crippen molar-refractivity contribution in [1.29, 1.82) is 0 Å². The zero-order valence-electron chi connectivity index (χ0n) is 14.3. The summed E-state index contributed by atoms with van der Waals surface area (Å²) in [4.78, 5) is 0. The minimum atomic E-state index is 0.439. The van der Waals surface area contributed by atoms with Crippen LogP contribution in [0.2, 0.25) is 5.02 Å². The number of aryl methyl sites for hydroxylation is 1. The van der Waals surface area contributed by atoms with Gasteiger partial charge in [0.15, 0.2) is 11.0 Å². The van der Waals surface area contributed by atoms with Gasteiger partial charge in [0, 0.05) is 11.1 Å². The molecule has 1 aliphatic carbocycles. The molecule has 0 amide bonds. The van der Waals surface area contributed by atoms with Crippen LogP contribution in [-0.4, -0.2) is 20.5 Å². The summed E-state index contributed by atoms with van der Waals surface area (Å²) in [5.74, 6) is 2.74. The lowest BCUT2D eigenvalue weighted by Crippen LogP contribution is -2.17. The second-order valence-corrected chi connectivity index (χ2v) is 7.83. The molecule has 1 aromatic heterocycles. The van der Waals surface area contributed by atoms with Gasteiger partial charge in [-0.3, -0.25) is 0 Å². The first kappa shape index (κ1) is 17.6. The van der Waals surface area contributed by atoms with Gasteiger partial charge in [0.1, 0.15) is 12.4 Å². The molecule has 1 aliphatic rings. The zero-order chi connectivity index (χ0) is 16.9. The summed E-state index contributed by atoms with van der Waals surface area (Å²) in [6, 6.07) is 6.24. The highest BCUT2D eigenvalue weighted by Crippen LogP contribution is 2.33. The van der Waals surface area contributed by atoms with Crippen molar-refractivity contribution < 1.29 is 4.74 Å². The fourth-order valence-electron chi connectivity index (χ4n) is 3.19. The highest BCUT2D eigenvalue weighted by molar-refractivity contribution is 7.99. The molecule has 0 aliphatic heterocycles. The van der Waals surface area contributed by atoms with E-state index in [1.54, 1.807) is 11.8 Å². The third-order valence-corrected chi connectivity index (χ3v) is 5.70. The fraction of sp³-hybridized carbons (Fsp3) is 0.556. The van der Waals surface area contributed by atoms with Crippen molar-refractivity contribution in [2.75, 3.05) is 5.75 Å². The van der Waals surface area contributed by atoms with E-state index in [1.165, 1.54) is 32.1 Å². The number of rotatable bonds is 6. The number of aromatic nitrogens is 3. The molecule has 130 valence electrons. The topological polar surface area (TPSA) is 39.9 Å². The average molecular weight is 366 g/mol. The van der Waals surface area contributed by atoms with Crippen LogP contribution in [0.15, 0.2) is 23.4 Å². The Hall–Kier alpha value is -1.20. The maximum Gasteiger partial charge on any atom is 0.191 e. The van der Waals surface area contributed by atoms with Crippen molar-refractivity contribution in [3.8, 4) is 5.75 Å². The summed E-state index contributed by atoms with van der Waals surface area (Å²) < 4.78 is 8.28. The molecule has 0 unspecified atom stereocenters. The lowest BCUT2D eigenvalue weighted by atomic mass is 9.95. The highest BCUT2D eigenvalue weighted by atomic mass is 35.5. The number of halogens is 1. The number of hydrogen-bond donors (Lipinski definition) is 0. The van der Waals surface area contributed by atoms with Crippen LogP contribution in [-0.2, 0) is 6.61 Å². The van der Waals surface area contributed by atoms with Gasteiger partial charge < -0.3 is 9.30 Å². The molecule has 6 heteroatoms. The zero-order valence-corrected chi connectivity index (χ0v) is 15.9.